The molecule has 0 radical (unpaired) electrons. The maximum absolute atomic E-state index is 12.7. The van der Waals surface area contributed by atoms with Gasteiger partial charge in [-0.3, -0.25) is 9.59 Å². The molecule has 1 amide bonds. The first-order valence-corrected chi connectivity index (χ1v) is 9.14. The molecule has 1 aliphatic carbocycles. The number of thiophene rings is 1. The number of ether oxygens (including phenoxy) is 2. The van der Waals surface area contributed by atoms with Crippen molar-refractivity contribution in [3.63, 3.8) is 0 Å². The largest absolute Gasteiger partial charge is 0.465 e. The zero-order chi connectivity index (χ0) is 18.7. The van der Waals surface area contributed by atoms with Crippen LogP contribution in [0.5, 0.6) is 5.75 Å². The molecule has 7 heteroatoms. The second-order valence-electron chi connectivity index (χ2n) is 5.95. The van der Waals surface area contributed by atoms with Crippen molar-refractivity contribution >= 4 is 34.2 Å². The number of hydrogen-bond acceptors (Lipinski definition) is 6. The second kappa shape index (κ2) is 7.70. The van der Waals surface area contributed by atoms with Crippen molar-refractivity contribution in [2.45, 2.75) is 32.6 Å². The maximum atomic E-state index is 12.7. The zero-order valence-corrected chi connectivity index (χ0v) is 15.4. The minimum atomic E-state index is -0.507. The molecule has 3 rings (SSSR count). The minimum Gasteiger partial charge on any atom is -0.465 e. The van der Waals surface area contributed by atoms with Gasteiger partial charge in [-0.1, -0.05) is 12.1 Å². The zero-order valence-electron chi connectivity index (χ0n) is 14.6. The number of carbonyl (C=O) groups is 3. The fraction of sp³-hybridized carbons (Fsp3) is 0.316. The van der Waals surface area contributed by atoms with E-state index in [1.807, 2.05) is 0 Å². The van der Waals surface area contributed by atoms with Crippen LogP contribution in [0, 0.1) is 0 Å². The monoisotopic (exact) mass is 373 g/mol. The van der Waals surface area contributed by atoms with Gasteiger partial charge in [0.1, 0.15) is 10.8 Å². The van der Waals surface area contributed by atoms with Gasteiger partial charge in [-0.05, 0) is 43.4 Å². The minimum absolute atomic E-state index is 0.179. The number of methoxy groups -OCH3 is 1. The third kappa shape index (κ3) is 3.62. The number of rotatable bonds is 4. The lowest BCUT2D eigenvalue weighted by molar-refractivity contribution is -0.131. The first kappa shape index (κ1) is 18.1. The second-order valence-corrected chi connectivity index (χ2v) is 7.06. The van der Waals surface area contributed by atoms with Crippen LogP contribution in [0.4, 0.5) is 5.00 Å². The van der Waals surface area contributed by atoms with Crippen LogP contribution in [0.15, 0.2) is 24.3 Å². The van der Waals surface area contributed by atoms with E-state index in [0.717, 1.165) is 36.1 Å². The summed E-state index contributed by atoms with van der Waals surface area (Å²) in [5.74, 6) is -1.22. The highest BCUT2D eigenvalue weighted by molar-refractivity contribution is 7.17. The third-order valence-corrected chi connectivity index (χ3v) is 5.38. The Morgan fingerprint density at radius 3 is 2.58 bits per heavy atom. The van der Waals surface area contributed by atoms with Gasteiger partial charge in [-0.15, -0.1) is 11.3 Å². The molecule has 0 spiro atoms. The van der Waals surface area contributed by atoms with Gasteiger partial charge in [0, 0.05) is 11.8 Å². The maximum Gasteiger partial charge on any atom is 0.341 e. The number of hydrogen-bond donors (Lipinski definition) is 1. The van der Waals surface area contributed by atoms with E-state index in [9.17, 15) is 14.4 Å². The quantitative estimate of drug-likeness (QED) is 0.654. The van der Waals surface area contributed by atoms with Crippen LogP contribution in [0.25, 0.3) is 0 Å². The number of aryl methyl sites for hydroxylation is 1. The Morgan fingerprint density at radius 1 is 1.12 bits per heavy atom. The Balaban J connectivity index is 1.94. The Labute approximate surface area is 155 Å². The molecule has 0 saturated carbocycles. The van der Waals surface area contributed by atoms with Crippen LogP contribution in [0.2, 0.25) is 0 Å². The summed E-state index contributed by atoms with van der Waals surface area (Å²) in [5, 5.41) is 3.28. The Hall–Kier alpha value is -2.67. The van der Waals surface area contributed by atoms with Gasteiger partial charge in [0.05, 0.1) is 18.2 Å². The highest BCUT2D eigenvalue weighted by Crippen LogP contribution is 2.39. The molecule has 1 aromatic carbocycles. The fourth-order valence-electron chi connectivity index (χ4n) is 3.04. The number of amides is 1. The van der Waals surface area contributed by atoms with E-state index in [2.05, 4.69) is 5.32 Å². The van der Waals surface area contributed by atoms with Crippen LogP contribution in [-0.4, -0.2) is 25.0 Å². The molecule has 26 heavy (non-hydrogen) atoms. The van der Waals surface area contributed by atoms with Crippen molar-refractivity contribution in [2.24, 2.45) is 0 Å². The summed E-state index contributed by atoms with van der Waals surface area (Å²) >= 11 is 1.41. The highest BCUT2D eigenvalue weighted by Gasteiger charge is 2.27. The van der Waals surface area contributed by atoms with Gasteiger partial charge in [0.2, 0.25) is 0 Å². The molecule has 6 nitrogen and oxygen atoms in total. The highest BCUT2D eigenvalue weighted by atomic mass is 32.1. The summed E-state index contributed by atoms with van der Waals surface area (Å²) in [7, 11) is 1.33. The van der Waals surface area contributed by atoms with Crippen molar-refractivity contribution in [1.82, 2.24) is 0 Å². The number of esters is 2. The molecule has 136 valence electrons. The van der Waals surface area contributed by atoms with Crippen molar-refractivity contribution in [1.29, 1.82) is 0 Å². The molecule has 1 heterocycles. The molecular formula is C19H19NO5S. The summed E-state index contributed by atoms with van der Waals surface area (Å²) in [6.07, 6.45) is 3.77. The molecule has 1 aliphatic rings. The topological polar surface area (TPSA) is 81.7 Å². The van der Waals surface area contributed by atoms with Crippen molar-refractivity contribution in [3.8, 4) is 5.75 Å². The average molecular weight is 373 g/mol. The van der Waals surface area contributed by atoms with Gasteiger partial charge in [-0.25, -0.2) is 4.79 Å². The van der Waals surface area contributed by atoms with Crippen molar-refractivity contribution < 1.29 is 23.9 Å². The van der Waals surface area contributed by atoms with Gasteiger partial charge < -0.3 is 14.8 Å². The van der Waals surface area contributed by atoms with Crippen LogP contribution in [-0.2, 0) is 22.4 Å². The van der Waals surface area contributed by atoms with Crippen LogP contribution in [0.1, 0.15) is 50.9 Å². The van der Waals surface area contributed by atoms with E-state index in [-0.39, 0.29) is 11.3 Å². The predicted molar refractivity (Wildman–Crippen MR) is 98.0 cm³/mol. The van der Waals surface area contributed by atoms with E-state index in [4.69, 9.17) is 9.47 Å². The van der Waals surface area contributed by atoms with Crippen LogP contribution < -0.4 is 10.1 Å². The smallest absolute Gasteiger partial charge is 0.341 e. The first-order chi connectivity index (χ1) is 12.5. The van der Waals surface area contributed by atoms with E-state index in [1.54, 1.807) is 24.3 Å². The Kier molecular flexibility index (Phi) is 5.37. The molecule has 1 aromatic heterocycles. The molecule has 0 atom stereocenters. The third-order valence-electron chi connectivity index (χ3n) is 4.17. The number of benzene rings is 1. The van der Waals surface area contributed by atoms with Gasteiger partial charge in [0.25, 0.3) is 5.91 Å². The number of anilines is 1. The first-order valence-electron chi connectivity index (χ1n) is 8.33. The van der Waals surface area contributed by atoms with Crippen molar-refractivity contribution in [2.75, 3.05) is 12.4 Å². The number of carbonyl (C=O) groups excluding carboxylic acids is 3. The van der Waals surface area contributed by atoms with Crippen LogP contribution >= 0.6 is 11.3 Å². The number of para-hydroxylation sites is 1. The van der Waals surface area contributed by atoms with Crippen LogP contribution in [0.3, 0.4) is 0 Å². The van der Waals surface area contributed by atoms with Gasteiger partial charge >= 0.3 is 11.9 Å². The summed E-state index contributed by atoms with van der Waals surface area (Å²) in [6.45, 7) is 1.28. The molecule has 0 bridgehead atoms. The Bertz CT molecular complexity index is 871. The van der Waals surface area contributed by atoms with E-state index in [0.29, 0.717) is 10.6 Å². The average Bonchev–Trinajstić information content (AvgIpc) is 2.98. The van der Waals surface area contributed by atoms with Crippen molar-refractivity contribution in [3.05, 3.63) is 45.8 Å². The molecule has 0 aliphatic heterocycles. The summed E-state index contributed by atoms with van der Waals surface area (Å²) in [5.41, 5.74) is 1.63. The fourth-order valence-corrected chi connectivity index (χ4v) is 4.31. The van der Waals surface area contributed by atoms with Gasteiger partial charge in [-0.2, -0.15) is 0 Å². The van der Waals surface area contributed by atoms with E-state index in [1.165, 1.54) is 25.4 Å². The summed E-state index contributed by atoms with van der Waals surface area (Å²) < 4.78 is 10.0. The molecular weight excluding hydrogens is 354 g/mol. The molecule has 0 saturated heterocycles. The molecule has 0 unspecified atom stereocenters. The molecule has 0 fully saturated rings. The summed E-state index contributed by atoms with van der Waals surface area (Å²) in [6, 6.07) is 6.48. The van der Waals surface area contributed by atoms with E-state index >= 15 is 0 Å². The van der Waals surface area contributed by atoms with Gasteiger partial charge in [0.15, 0.2) is 0 Å². The lowest BCUT2D eigenvalue weighted by atomic mass is 9.95. The Morgan fingerprint density at radius 2 is 1.85 bits per heavy atom. The number of nitrogens with one attached hydrogen (secondary N) is 1. The molecule has 2 aromatic rings. The lowest BCUT2D eigenvalue weighted by Gasteiger charge is -2.12. The predicted octanol–water partition coefficient (Wildman–Crippen LogP) is 3.59. The summed E-state index contributed by atoms with van der Waals surface area (Å²) in [4.78, 5) is 37.4. The standard InChI is InChI=1S/C19H19NO5S/c1-11(21)25-14-9-5-3-7-12(14)17(22)20-18-16(19(23)24-2)13-8-4-6-10-15(13)26-18/h3,5,7,9H,4,6,8,10H2,1-2H3,(H,20,22). The lowest BCUT2D eigenvalue weighted by Crippen LogP contribution is -2.16. The normalized spacial score (nSPS) is 12.8. The number of fused-ring (bicyclic) bond motifs is 1. The SMILES string of the molecule is COC(=O)c1c(NC(=O)c2ccccc2OC(C)=O)sc2c1CCCC2. The molecule has 1 N–H and O–H groups in total. The van der Waals surface area contributed by atoms with E-state index < -0.39 is 17.8 Å².